The molecule has 0 amide bonds. The Bertz CT molecular complexity index is 269. The average Bonchev–Trinajstić information content (AvgIpc) is 2.27. The van der Waals surface area contributed by atoms with E-state index in [0.717, 1.165) is 24.9 Å². The second-order valence-electron chi connectivity index (χ2n) is 5.60. The molecule has 1 saturated heterocycles. The SMILES string of the molecule is O=C(O)CC(O)CN1CCC2CCCCC2C1. The van der Waals surface area contributed by atoms with Crippen LogP contribution in [0.4, 0.5) is 0 Å². The number of nitrogens with zero attached hydrogens (tertiary/aromatic N) is 1. The third kappa shape index (κ3) is 3.68. The van der Waals surface area contributed by atoms with Gasteiger partial charge in [0.1, 0.15) is 0 Å². The Kier molecular flexibility index (Phi) is 4.40. The minimum atomic E-state index is -0.912. The highest BCUT2D eigenvalue weighted by atomic mass is 16.4. The molecule has 0 spiro atoms. The Morgan fingerprint density at radius 3 is 2.65 bits per heavy atom. The van der Waals surface area contributed by atoms with Gasteiger partial charge < -0.3 is 15.1 Å². The summed E-state index contributed by atoms with van der Waals surface area (Å²) in [7, 11) is 0. The van der Waals surface area contributed by atoms with Crippen LogP contribution in [0, 0.1) is 11.8 Å². The molecule has 17 heavy (non-hydrogen) atoms. The zero-order chi connectivity index (χ0) is 12.3. The van der Waals surface area contributed by atoms with Crippen LogP contribution in [-0.2, 0) is 4.79 Å². The van der Waals surface area contributed by atoms with E-state index in [2.05, 4.69) is 4.90 Å². The van der Waals surface area contributed by atoms with Gasteiger partial charge in [0.05, 0.1) is 12.5 Å². The lowest BCUT2D eigenvalue weighted by Gasteiger charge is -2.41. The molecule has 98 valence electrons. The maximum atomic E-state index is 10.5. The number of piperidine rings is 1. The van der Waals surface area contributed by atoms with Crippen molar-refractivity contribution < 1.29 is 15.0 Å². The minimum absolute atomic E-state index is 0.134. The Balaban J connectivity index is 1.77. The van der Waals surface area contributed by atoms with E-state index >= 15 is 0 Å². The van der Waals surface area contributed by atoms with E-state index in [1.807, 2.05) is 0 Å². The standard InChI is InChI=1S/C13H23NO3/c15-12(7-13(16)17)9-14-6-5-10-3-1-2-4-11(10)8-14/h10-12,15H,1-9H2,(H,16,17). The fraction of sp³-hybridized carbons (Fsp3) is 0.923. The summed E-state index contributed by atoms with van der Waals surface area (Å²) in [5.74, 6) is 0.760. The summed E-state index contributed by atoms with van der Waals surface area (Å²) in [4.78, 5) is 12.8. The molecule has 1 aliphatic carbocycles. The van der Waals surface area contributed by atoms with Gasteiger partial charge in [0.25, 0.3) is 0 Å². The molecule has 2 fully saturated rings. The molecule has 0 radical (unpaired) electrons. The highest BCUT2D eigenvalue weighted by molar-refractivity contribution is 5.67. The number of hydrogen-bond acceptors (Lipinski definition) is 3. The van der Waals surface area contributed by atoms with Gasteiger partial charge in [0.15, 0.2) is 0 Å². The van der Waals surface area contributed by atoms with Crippen LogP contribution in [0.5, 0.6) is 0 Å². The van der Waals surface area contributed by atoms with Crippen LogP contribution in [0.1, 0.15) is 38.5 Å². The third-order valence-electron chi connectivity index (χ3n) is 4.25. The molecule has 0 aromatic carbocycles. The Labute approximate surface area is 103 Å². The van der Waals surface area contributed by atoms with Crippen molar-refractivity contribution in [3.05, 3.63) is 0 Å². The van der Waals surface area contributed by atoms with E-state index in [9.17, 15) is 9.90 Å². The first-order valence-corrected chi connectivity index (χ1v) is 6.77. The van der Waals surface area contributed by atoms with Crippen LogP contribution < -0.4 is 0 Å². The Morgan fingerprint density at radius 2 is 1.94 bits per heavy atom. The Morgan fingerprint density at radius 1 is 1.24 bits per heavy atom. The maximum absolute atomic E-state index is 10.5. The third-order valence-corrected chi connectivity index (χ3v) is 4.25. The van der Waals surface area contributed by atoms with Gasteiger partial charge in [-0.2, -0.15) is 0 Å². The number of aliphatic hydroxyl groups is 1. The zero-order valence-electron chi connectivity index (χ0n) is 10.3. The molecular weight excluding hydrogens is 218 g/mol. The lowest BCUT2D eigenvalue weighted by atomic mass is 9.75. The molecule has 3 atom stereocenters. The quantitative estimate of drug-likeness (QED) is 0.779. The molecule has 4 heteroatoms. The number of likely N-dealkylation sites (tertiary alicyclic amines) is 1. The molecule has 3 unspecified atom stereocenters. The number of fused-ring (bicyclic) bond motifs is 1. The maximum Gasteiger partial charge on any atom is 0.306 e. The zero-order valence-corrected chi connectivity index (χ0v) is 10.3. The first-order valence-electron chi connectivity index (χ1n) is 6.77. The summed E-state index contributed by atoms with van der Waals surface area (Å²) < 4.78 is 0. The topological polar surface area (TPSA) is 60.8 Å². The van der Waals surface area contributed by atoms with Crippen molar-refractivity contribution in [2.75, 3.05) is 19.6 Å². The van der Waals surface area contributed by atoms with Crippen LogP contribution in [0.3, 0.4) is 0 Å². The predicted molar refractivity (Wildman–Crippen MR) is 64.8 cm³/mol. The van der Waals surface area contributed by atoms with Crippen molar-refractivity contribution >= 4 is 5.97 Å². The molecular formula is C13H23NO3. The predicted octanol–water partition coefficient (Wildman–Crippen LogP) is 1.33. The van der Waals surface area contributed by atoms with Crippen molar-refractivity contribution in [1.29, 1.82) is 0 Å². The summed E-state index contributed by atoms with van der Waals surface area (Å²) in [6.07, 6.45) is 5.78. The number of aliphatic carboxylic acids is 1. The molecule has 0 aromatic rings. The fourth-order valence-electron chi connectivity index (χ4n) is 3.41. The second kappa shape index (κ2) is 5.83. The molecule has 2 rings (SSSR count). The van der Waals surface area contributed by atoms with E-state index in [4.69, 9.17) is 5.11 Å². The van der Waals surface area contributed by atoms with Crippen LogP contribution >= 0.6 is 0 Å². The van der Waals surface area contributed by atoms with Gasteiger partial charge in [-0.1, -0.05) is 19.3 Å². The van der Waals surface area contributed by atoms with Crippen LogP contribution in [0.2, 0.25) is 0 Å². The molecule has 2 N–H and O–H groups in total. The van der Waals surface area contributed by atoms with Crippen molar-refractivity contribution in [3.63, 3.8) is 0 Å². The average molecular weight is 241 g/mol. The number of rotatable bonds is 4. The molecule has 0 aromatic heterocycles. The van der Waals surface area contributed by atoms with E-state index in [1.165, 1.54) is 32.1 Å². The molecule has 1 heterocycles. The summed E-state index contributed by atoms with van der Waals surface area (Å²) in [6, 6.07) is 0. The highest BCUT2D eigenvalue weighted by Crippen LogP contribution is 2.35. The number of hydrogen-bond donors (Lipinski definition) is 2. The summed E-state index contributed by atoms with van der Waals surface area (Å²) in [5, 5.41) is 18.3. The molecule has 2 aliphatic rings. The van der Waals surface area contributed by atoms with Gasteiger partial charge in [-0.05, 0) is 31.2 Å². The summed E-state index contributed by atoms with van der Waals surface area (Å²) >= 11 is 0. The summed E-state index contributed by atoms with van der Waals surface area (Å²) in [6.45, 7) is 2.61. The van der Waals surface area contributed by atoms with E-state index in [-0.39, 0.29) is 6.42 Å². The van der Waals surface area contributed by atoms with Gasteiger partial charge in [-0.25, -0.2) is 0 Å². The first kappa shape index (κ1) is 12.8. The second-order valence-corrected chi connectivity index (χ2v) is 5.60. The van der Waals surface area contributed by atoms with Gasteiger partial charge >= 0.3 is 5.97 Å². The van der Waals surface area contributed by atoms with Crippen molar-refractivity contribution in [3.8, 4) is 0 Å². The van der Waals surface area contributed by atoms with Crippen LogP contribution in [0.15, 0.2) is 0 Å². The smallest absolute Gasteiger partial charge is 0.306 e. The lowest BCUT2D eigenvalue weighted by Crippen LogP contribution is -2.45. The van der Waals surface area contributed by atoms with Crippen LogP contribution in [-0.4, -0.2) is 46.8 Å². The van der Waals surface area contributed by atoms with Gasteiger partial charge in [0, 0.05) is 13.1 Å². The number of aliphatic hydroxyl groups excluding tert-OH is 1. The Hall–Kier alpha value is -0.610. The number of carboxylic acid groups (broad SMARTS) is 1. The molecule has 0 bridgehead atoms. The molecule has 1 aliphatic heterocycles. The van der Waals surface area contributed by atoms with Gasteiger partial charge in [-0.3, -0.25) is 4.79 Å². The van der Waals surface area contributed by atoms with Gasteiger partial charge in [-0.15, -0.1) is 0 Å². The lowest BCUT2D eigenvalue weighted by molar-refractivity contribution is -0.139. The normalized spacial score (nSPS) is 31.8. The van der Waals surface area contributed by atoms with Crippen molar-refractivity contribution in [2.45, 2.75) is 44.6 Å². The van der Waals surface area contributed by atoms with Gasteiger partial charge in [0.2, 0.25) is 0 Å². The van der Waals surface area contributed by atoms with E-state index < -0.39 is 12.1 Å². The number of carbonyl (C=O) groups is 1. The first-order chi connectivity index (χ1) is 8.15. The summed E-state index contributed by atoms with van der Waals surface area (Å²) in [5.41, 5.74) is 0. The highest BCUT2D eigenvalue weighted by Gasteiger charge is 2.31. The molecule has 4 nitrogen and oxygen atoms in total. The number of β-amino-alcohol motifs (C(OH)–C–C–N with tert-alkyl or cyclic N) is 1. The number of carboxylic acids is 1. The monoisotopic (exact) mass is 241 g/mol. The van der Waals surface area contributed by atoms with E-state index in [0.29, 0.717) is 6.54 Å². The largest absolute Gasteiger partial charge is 0.481 e. The minimum Gasteiger partial charge on any atom is -0.481 e. The van der Waals surface area contributed by atoms with E-state index in [1.54, 1.807) is 0 Å². The van der Waals surface area contributed by atoms with Crippen molar-refractivity contribution in [2.24, 2.45) is 11.8 Å². The molecule has 1 saturated carbocycles. The van der Waals surface area contributed by atoms with Crippen LogP contribution in [0.25, 0.3) is 0 Å². The fourth-order valence-corrected chi connectivity index (χ4v) is 3.41. The van der Waals surface area contributed by atoms with Crippen molar-refractivity contribution in [1.82, 2.24) is 4.90 Å².